The Balaban J connectivity index is 2.19. The monoisotopic (exact) mass is 267 g/mol. The van der Waals surface area contributed by atoms with Gasteiger partial charge in [0.2, 0.25) is 0 Å². The summed E-state index contributed by atoms with van der Waals surface area (Å²) >= 11 is 0. The minimum Gasteiger partial charge on any atom is -0.486 e. The van der Waals surface area contributed by atoms with Crippen LogP contribution in [0.15, 0.2) is 30.3 Å². The highest BCUT2D eigenvalue weighted by atomic mass is 19.1. The fourth-order valence-electron chi connectivity index (χ4n) is 1.61. The van der Waals surface area contributed by atoms with Crippen LogP contribution < -0.4 is 10.5 Å². The number of hydrogen-bond donors (Lipinski definition) is 1. The zero-order valence-corrected chi connectivity index (χ0v) is 10.2. The van der Waals surface area contributed by atoms with Crippen molar-refractivity contribution in [2.24, 2.45) is 0 Å². The van der Waals surface area contributed by atoms with Gasteiger partial charge in [0, 0.05) is 12.1 Å². The summed E-state index contributed by atoms with van der Waals surface area (Å²) in [6.07, 6.45) is 0. The van der Waals surface area contributed by atoms with Crippen molar-refractivity contribution >= 4 is 5.69 Å². The molecule has 2 aromatic carbocycles. The first-order valence-electron chi connectivity index (χ1n) is 5.59. The lowest BCUT2D eigenvalue weighted by atomic mass is 10.1. The summed E-state index contributed by atoms with van der Waals surface area (Å²) < 4.78 is 44.9. The molecule has 0 aliphatic carbocycles. The molecule has 2 nitrogen and oxygen atoms in total. The van der Waals surface area contributed by atoms with Crippen LogP contribution >= 0.6 is 0 Å². The van der Waals surface area contributed by atoms with Gasteiger partial charge in [0.15, 0.2) is 11.6 Å². The van der Waals surface area contributed by atoms with Crippen molar-refractivity contribution in [2.75, 3.05) is 5.73 Å². The maximum Gasteiger partial charge on any atom is 0.167 e. The fraction of sp³-hybridized carbons (Fsp3) is 0.143. The lowest BCUT2D eigenvalue weighted by Gasteiger charge is -2.10. The molecule has 0 bridgehead atoms. The quantitative estimate of drug-likeness (QED) is 0.863. The highest BCUT2D eigenvalue weighted by Gasteiger charge is 2.10. The van der Waals surface area contributed by atoms with Crippen LogP contribution in [-0.2, 0) is 6.61 Å². The standard InChI is InChI=1S/C14H12F3NO/c1-8-2-3-10(15)4-9(8)7-19-14-6-11(16)13(18)5-12(14)17/h2-6H,7,18H2,1H3. The van der Waals surface area contributed by atoms with Crippen LogP contribution in [0.25, 0.3) is 0 Å². The third-order valence-electron chi connectivity index (χ3n) is 2.75. The first-order chi connectivity index (χ1) is 8.97. The molecule has 2 aromatic rings. The number of benzene rings is 2. The average Bonchev–Trinajstić information content (AvgIpc) is 2.36. The molecular formula is C14H12F3NO. The molecule has 2 rings (SSSR count). The maximum atomic E-state index is 13.5. The molecule has 0 unspecified atom stereocenters. The number of nitrogens with two attached hydrogens (primary N) is 1. The second-order valence-corrected chi connectivity index (χ2v) is 4.16. The van der Waals surface area contributed by atoms with Crippen molar-refractivity contribution in [3.8, 4) is 5.75 Å². The van der Waals surface area contributed by atoms with E-state index < -0.39 is 17.5 Å². The van der Waals surface area contributed by atoms with Gasteiger partial charge in [0.1, 0.15) is 18.2 Å². The van der Waals surface area contributed by atoms with Crippen molar-refractivity contribution < 1.29 is 17.9 Å². The van der Waals surface area contributed by atoms with Gasteiger partial charge >= 0.3 is 0 Å². The molecule has 0 aliphatic rings. The van der Waals surface area contributed by atoms with Crippen LogP contribution in [0.1, 0.15) is 11.1 Å². The molecule has 100 valence electrons. The van der Waals surface area contributed by atoms with Gasteiger partial charge in [-0.1, -0.05) is 6.07 Å². The Morgan fingerprint density at radius 2 is 1.79 bits per heavy atom. The molecule has 0 spiro atoms. The molecule has 19 heavy (non-hydrogen) atoms. The molecule has 0 saturated heterocycles. The van der Waals surface area contributed by atoms with Gasteiger partial charge in [-0.2, -0.15) is 0 Å². The number of halogens is 3. The first-order valence-corrected chi connectivity index (χ1v) is 5.59. The van der Waals surface area contributed by atoms with E-state index in [-0.39, 0.29) is 18.0 Å². The summed E-state index contributed by atoms with van der Waals surface area (Å²) in [5.41, 5.74) is 6.31. The van der Waals surface area contributed by atoms with E-state index in [1.165, 1.54) is 12.1 Å². The predicted octanol–water partition coefficient (Wildman–Crippen LogP) is 3.57. The molecule has 0 aromatic heterocycles. The Kier molecular flexibility index (Phi) is 3.64. The molecule has 2 N–H and O–H groups in total. The van der Waals surface area contributed by atoms with Gasteiger partial charge in [-0.15, -0.1) is 0 Å². The van der Waals surface area contributed by atoms with Gasteiger partial charge in [0.05, 0.1) is 5.69 Å². The van der Waals surface area contributed by atoms with Gasteiger partial charge in [-0.25, -0.2) is 13.2 Å². The molecular weight excluding hydrogens is 255 g/mol. The fourth-order valence-corrected chi connectivity index (χ4v) is 1.61. The first kappa shape index (κ1) is 13.3. The summed E-state index contributed by atoms with van der Waals surface area (Å²) in [5, 5.41) is 0. The molecule has 0 aliphatic heterocycles. The van der Waals surface area contributed by atoms with E-state index in [0.29, 0.717) is 5.56 Å². The van der Waals surface area contributed by atoms with E-state index in [1.807, 2.05) is 0 Å². The molecule has 0 fully saturated rings. The van der Waals surface area contributed by atoms with E-state index >= 15 is 0 Å². The molecule has 5 heteroatoms. The highest BCUT2D eigenvalue weighted by molar-refractivity contribution is 5.44. The van der Waals surface area contributed by atoms with Crippen LogP contribution in [-0.4, -0.2) is 0 Å². The van der Waals surface area contributed by atoms with Crippen molar-refractivity contribution in [1.29, 1.82) is 0 Å². The second-order valence-electron chi connectivity index (χ2n) is 4.16. The summed E-state index contributed by atoms with van der Waals surface area (Å²) in [6.45, 7) is 1.72. The zero-order chi connectivity index (χ0) is 14.0. The Morgan fingerprint density at radius 3 is 2.53 bits per heavy atom. The number of nitrogen functional groups attached to an aromatic ring is 1. The van der Waals surface area contributed by atoms with E-state index in [1.54, 1.807) is 13.0 Å². The lowest BCUT2D eigenvalue weighted by molar-refractivity contribution is 0.287. The zero-order valence-electron chi connectivity index (χ0n) is 10.2. The third-order valence-corrected chi connectivity index (χ3v) is 2.75. The minimum absolute atomic E-state index is 0.0517. The molecule has 0 radical (unpaired) electrons. The van der Waals surface area contributed by atoms with Gasteiger partial charge in [0.25, 0.3) is 0 Å². The summed E-state index contributed by atoms with van der Waals surface area (Å²) in [6, 6.07) is 5.93. The van der Waals surface area contributed by atoms with Crippen LogP contribution in [0.2, 0.25) is 0 Å². The van der Waals surface area contributed by atoms with Crippen molar-refractivity contribution in [3.63, 3.8) is 0 Å². The van der Waals surface area contributed by atoms with E-state index in [0.717, 1.165) is 17.7 Å². The molecule has 0 heterocycles. The number of aryl methyl sites for hydroxylation is 1. The number of anilines is 1. The Morgan fingerprint density at radius 1 is 1.05 bits per heavy atom. The largest absolute Gasteiger partial charge is 0.486 e. The Bertz CT molecular complexity index is 614. The van der Waals surface area contributed by atoms with Crippen LogP contribution in [0, 0.1) is 24.4 Å². The number of rotatable bonds is 3. The summed E-state index contributed by atoms with van der Waals surface area (Å²) in [5.74, 6) is -2.18. The molecule has 0 atom stereocenters. The lowest BCUT2D eigenvalue weighted by Crippen LogP contribution is -2.02. The van der Waals surface area contributed by atoms with Crippen LogP contribution in [0.4, 0.5) is 18.9 Å². The van der Waals surface area contributed by atoms with Gasteiger partial charge in [-0.3, -0.25) is 0 Å². The average molecular weight is 267 g/mol. The summed E-state index contributed by atoms with van der Waals surface area (Å²) in [4.78, 5) is 0. The molecule has 0 saturated carbocycles. The van der Waals surface area contributed by atoms with E-state index in [4.69, 9.17) is 10.5 Å². The van der Waals surface area contributed by atoms with Crippen LogP contribution in [0.3, 0.4) is 0 Å². The van der Waals surface area contributed by atoms with Crippen molar-refractivity contribution in [1.82, 2.24) is 0 Å². The number of hydrogen-bond acceptors (Lipinski definition) is 2. The van der Waals surface area contributed by atoms with E-state index in [9.17, 15) is 13.2 Å². The van der Waals surface area contributed by atoms with Crippen LogP contribution in [0.5, 0.6) is 5.75 Å². The van der Waals surface area contributed by atoms with Gasteiger partial charge in [-0.05, 0) is 30.2 Å². The van der Waals surface area contributed by atoms with E-state index in [2.05, 4.69) is 0 Å². The normalized spacial score (nSPS) is 10.5. The highest BCUT2D eigenvalue weighted by Crippen LogP contribution is 2.24. The Labute approximate surface area is 108 Å². The second kappa shape index (κ2) is 5.22. The minimum atomic E-state index is -0.757. The van der Waals surface area contributed by atoms with Crippen molar-refractivity contribution in [3.05, 3.63) is 58.9 Å². The smallest absolute Gasteiger partial charge is 0.167 e. The Hall–Kier alpha value is -2.17. The van der Waals surface area contributed by atoms with Gasteiger partial charge < -0.3 is 10.5 Å². The SMILES string of the molecule is Cc1ccc(F)cc1COc1cc(F)c(N)cc1F. The molecule has 0 amide bonds. The topological polar surface area (TPSA) is 35.2 Å². The summed E-state index contributed by atoms with van der Waals surface area (Å²) in [7, 11) is 0. The third kappa shape index (κ3) is 2.99. The number of ether oxygens (including phenoxy) is 1. The predicted molar refractivity (Wildman–Crippen MR) is 66.2 cm³/mol. The maximum absolute atomic E-state index is 13.5. The van der Waals surface area contributed by atoms with Crippen molar-refractivity contribution in [2.45, 2.75) is 13.5 Å².